The maximum Gasteiger partial charge on any atom is 0.328 e. The Morgan fingerprint density at radius 2 is 2.00 bits per heavy atom. The maximum atomic E-state index is 10.6. The van der Waals surface area contributed by atoms with Gasteiger partial charge in [0.05, 0.1) is 0 Å². The minimum Gasteiger partial charge on any atom is -0.478 e. The van der Waals surface area contributed by atoms with Crippen molar-refractivity contribution in [3.8, 4) is 0 Å². The van der Waals surface area contributed by atoms with Crippen molar-refractivity contribution in [1.82, 2.24) is 4.90 Å². The smallest absolute Gasteiger partial charge is 0.328 e. The van der Waals surface area contributed by atoms with Gasteiger partial charge in [-0.25, -0.2) is 4.79 Å². The zero-order valence-electron chi connectivity index (χ0n) is 10.7. The van der Waals surface area contributed by atoms with Crippen molar-refractivity contribution >= 4 is 5.97 Å². The van der Waals surface area contributed by atoms with Crippen LogP contribution in [-0.2, 0) is 4.79 Å². The number of hydrogen-bond donors (Lipinski definition) is 1. The molecule has 3 nitrogen and oxygen atoms in total. The molecule has 0 aromatic heterocycles. The molecule has 1 unspecified atom stereocenters. The van der Waals surface area contributed by atoms with Gasteiger partial charge in [0.15, 0.2) is 0 Å². The minimum absolute atomic E-state index is 0.717. The second kappa shape index (κ2) is 5.67. The van der Waals surface area contributed by atoms with Crippen molar-refractivity contribution < 1.29 is 9.90 Å². The highest BCUT2D eigenvalue weighted by Crippen LogP contribution is 2.35. The zero-order valence-corrected chi connectivity index (χ0v) is 10.7. The Bertz CT molecular complexity index is 305. The third kappa shape index (κ3) is 3.32. The van der Waals surface area contributed by atoms with E-state index in [0.717, 1.165) is 30.6 Å². The van der Waals surface area contributed by atoms with E-state index in [9.17, 15) is 4.79 Å². The summed E-state index contributed by atoms with van der Waals surface area (Å²) >= 11 is 0. The molecule has 2 rings (SSSR count). The van der Waals surface area contributed by atoms with Gasteiger partial charge in [-0.2, -0.15) is 0 Å². The lowest BCUT2D eigenvalue weighted by molar-refractivity contribution is -0.131. The van der Waals surface area contributed by atoms with Crippen molar-refractivity contribution in [3.63, 3.8) is 0 Å². The van der Waals surface area contributed by atoms with Crippen LogP contribution in [0, 0.1) is 5.92 Å². The molecule has 0 aromatic rings. The number of carbonyl (C=O) groups is 1. The average molecular weight is 237 g/mol. The molecule has 1 aliphatic heterocycles. The van der Waals surface area contributed by atoms with Crippen molar-refractivity contribution in [2.45, 2.75) is 51.5 Å². The Hall–Kier alpha value is -0.830. The molecule has 0 radical (unpaired) electrons. The normalized spacial score (nSPS) is 27.8. The van der Waals surface area contributed by atoms with E-state index in [4.69, 9.17) is 5.11 Å². The van der Waals surface area contributed by atoms with Crippen LogP contribution in [0.5, 0.6) is 0 Å². The molecule has 1 aliphatic carbocycles. The topological polar surface area (TPSA) is 40.5 Å². The van der Waals surface area contributed by atoms with E-state index in [1.165, 1.54) is 44.6 Å². The fourth-order valence-corrected chi connectivity index (χ4v) is 3.50. The van der Waals surface area contributed by atoms with Gasteiger partial charge in [0, 0.05) is 18.7 Å². The fraction of sp³-hybridized carbons (Fsp3) is 0.786. The largest absolute Gasteiger partial charge is 0.478 e. The predicted molar refractivity (Wildman–Crippen MR) is 67.9 cm³/mol. The van der Waals surface area contributed by atoms with Crippen LogP contribution in [0.2, 0.25) is 0 Å². The predicted octanol–water partition coefficient (Wildman–Crippen LogP) is 2.67. The minimum atomic E-state index is -0.820. The molecule has 17 heavy (non-hydrogen) atoms. The molecule has 1 N–H and O–H groups in total. The van der Waals surface area contributed by atoms with E-state index < -0.39 is 5.97 Å². The second-order valence-electron chi connectivity index (χ2n) is 5.55. The molecule has 0 aromatic carbocycles. The van der Waals surface area contributed by atoms with E-state index in [1.54, 1.807) is 0 Å². The van der Waals surface area contributed by atoms with Crippen molar-refractivity contribution in [1.29, 1.82) is 0 Å². The van der Waals surface area contributed by atoms with Crippen LogP contribution in [0.4, 0.5) is 0 Å². The molecule has 1 saturated carbocycles. The quantitative estimate of drug-likeness (QED) is 0.764. The maximum absolute atomic E-state index is 10.6. The molecule has 3 heteroatoms. The molecular weight excluding hydrogens is 214 g/mol. The Kier molecular flexibility index (Phi) is 4.21. The van der Waals surface area contributed by atoms with Gasteiger partial charge in [-0.1, -0.05) is 18.4 Å². The third-order valence-corrected chi connectivity index (χ3v) is 4.18. The van der Waals surface area contributed by atoms with Crippen LogP contribution < -0.4 is 0 Å². The van der Waals surface area contributed by atoms with Crippen molar-refractivity contribution in [2.75, 3.05) is 13.1 Å². The lowest BCUT2D eigenvalue weighted by Gasteiger charge is -2.29. The van der Waals surface area contributed by atoms with E-state index in [0.29, 0.717) is 0 Å². The number of nitrogens with zero attached hydrogens (tertiary/aromatic N) is 1. The summed E-state index contributed by atoms with van der Waals surface area (Å²) in [6, 6.07) is 0.717. The van der Waals surface area contributed by atoms with Crippen molar-refractivity contribution in [2.24, 2.45) is 5.92 Å². The van der Waals surface area contributed by atoms with Crippen molar-refractivity contribution in [3.05, 3.63) is 11.6 Å². The number of aliphatic carboxylic acids is 1. The second-order valence-corrected chi connectivity index (χ2v) is 5.55. The van der Waals surface area contributed by atoms with Gasteiger partial charge in [0.1, 0.15) is 0 Å². The fourth-order valence-electron chi connectivity index (χ4n) is 3.50. The lowest BCUT2D eigenvalue weighted by Crippen LogP contribution is -2.35. The number of carboxylic acids is 1. The van der Waals surface area contributed by atoms with Gasteiger partial charge in [-0.15, -0.1) is 0 Å². The van der Waals surface area contributed by atoms with Gasteiger partial charge < -0.3 is 5.11 Å². The van der Waals surface area contributed by atoms with Crippen LogP contribution in [0.1, 0.15) is 45.4 Å². The first kappa shape index (κ1) is 12.6. The average Bonchev–Trinajstić information content (AvgIpc) is 2.84. The molecule has 96 valence electrons. The molecule has 2 aliphatic rings. The van der Waals surface area contributed by atoms with Gasteiger partial charge >= 0.3 is 5.97 Å². The van der Waals surface area contributed by atoms with Gasteiger partial charge in [-0.05, 0) is 45.1 Å². The van der Waals surface area contributed by atoms with Gasteiger partial charge in [0.25, 0.3) is 0 Å². The summed E-state index contributed by atoms with van der Waals surface area (Å²) in [5, 5.41) is 8.74. The molecule has 0 spiro atoms. The van der Waals surface area contributed by atoms with E-state index in [-0.39, 0.29) is 0 Å². The Labute approximate surface area is 103 Å². The summed E-state index contributed by atoms with van der Waals surface area (Å²) < 4.78 is 0. The molecular formula is C14H23NO2. The summed E-state index contributed by atoms with van der Waals surface area (Å²) in [4.78, 5) is 13.1. The Morgan fingerprint density at radius 3 is 2.65 bits per heavy atom. The third-order valence-electron chi connectivity index (χ3n) is 4.18. The first-order valence-corrected chi connectivity index (χ1v) is 6.81. The lowest BCUT2D eigenvalue weighted by atomic mass is 9.96. The molecule has 1 atom stereocenters. The van der Waals surface area contributed by atoms with E-state index in [1.807, 2.05) is 6.92 Å². The SMILES string of the molecule is CC(=CC(=O)O)CN1CCCC1C1CCCC1. The molecule has 2 fully saturated rings. The standard InChI is InChI=1S/C14H23NO2/c1-11(9-14(16)17)10-15-8-4-7-13(15)12-5-2-3-6-12/h9,12-13H,2-8,10H2,1H3,(H,16,17). The highest BCUT2D eigenvalue weighted by molar-refractivity contribution is 5.80. The summed E-state index contributed by atoms with van der Waals surface area (Å²) in [5.41, 5.74) is 0.974. The highest BCUT2D eigenvalue weighted by Gasteiger charge is 2.32. The van der Waals surface area contributed by atoms with Crippen LogP contribution in [0.3, 0.4) is 0 Å². The molecule has 1 saturated heterocycles. The molecule has 0 bridgehead atoms. The summed E-state index contributed by atoms with van der Waals surface area (Å²) in [6.07, 6.45) is 9.47. The molecule has 1 heterocycles. The summed E-state index contributed by atoms with van der Waals surface area (Å²) in [6.45, 7) is 3.91. The van der Waals surface area contributed by atoms with E-state index >= 15 is 0 Å². The number of rotatable bonds is 4. The number of hydrogen-bond acceptors (Lipinski definition) is 2. The van der Waals surface area contributed by atoms with Gasteiger partial charge in [0.2, 0.25) is 0 Å². The zero-order chi connectivity index (χ0) is 12.3. The Morgan fingerprint density at radius 1 is 1.29 bits per heavy atom. The number of likely N-dealkylation sites (tertiary alicyclic amines) is 1. The summed E-state index contributed by atoms with van der Waals surface area (Å²) in [5.74, 6) is 0.0502. The van der Waals surface area contributed by atoms with Crippen LogP contribution >= 0.6 is 0 Å². The highest BCUT2D eigenvalue weighted by atomic mass is 16.4. The Balaban J connectivity index is 1.92. The monoisotopic (exact) mass is 237 g/mol. The van der Waals surface area contributed by atoms with E-state index in [2.05, 4.69) is 4.90 Å². The van der Waals surface area contributed by atoms with Crippen LogP contribution in [0.15, 0.2) is 11.6 Å². The first-order chi connectivity index (χ1) is 8.16. The van der Waals surface area contributed by atoms with Crippen LogP contribution in [0.25, 0.3) is 0 Å². The number of carboxylic acid groups (broad SMARTS) is 1. The molecule has 0 amide bonds. The van der Waals surface area contributed by atoms with Crippen LogP contribution in [-0.4, -0.2) is 35.1 Å². The van der Waals surface area contributed by atoms with Gasteiger partial charge in [-0.3, -0.25) is 4.90 Å². The first-order valence-electron chi connectivity index (χ1n) is 6.81. The summed E-state index contributed by atoms with van der Waals surface area (Å²) in [7, 11) is 0.